The fourth-order valence-corrected chi connectivity index (χ4v) is 3.33. The summed E-state index contributed by atoms with van der Waals surface area (Å²) in [5.74, 6) is -0.0507. The number of nitro groups is 1. The predicted octanol–water partition coefficient (Wildman–Crippen LogP) is 3.54. The summed E-state index contributed by atoms with van der Waals surface area (Å²) in [4.78, 5) is 22.8. The molecule has 1 aliphatic carbocycles. The standard InChI is InChI=1S/C13H14BrClN2O3/c14-11-3-1-2-8(11)7-16-13(18)10-5-4-9(15)6-12(10)17(19)20/h4-6,8,11H,1-3,7H2,(H,16,18). The Morgan fingerprint density at radius 1 is 1.50 bits per heavy atom. The average molecular weight is 362 g/mol. The molecule has 2 unspecified atom stereocenters. The van der Waals surface area contributed by atoms with Gasteiger partial charge in [-0.2, -0.15) is 0 Å². The van der Waals surface area contributed by atoms with Crippen molar-refractivity contribution in [2.45, 2.75) is 24.1 Å². The molecule has 0 aliphatic heterocycles. The molecule has 1 saturated carbocycles. The van der Waals surface area contributed by atoms with Crippen molar-refractivity contribution in [2.75, 3.05) is 6.54 Å². The first kappa shape index (κ1) is 15.3. The molecule has 108 valence electrons. The van der Waals surface area contributed by atoms with Gasteiger partial charge >= 0.3 is 0 Å². The third kappa shape index (κ3) is 3.49. The molecule has 0 radical (unpaired) electrons. The molecular weight excluding hydrogens is 348 g/mol. The van der Waals surface area contributed by atoms with Gasteiger partial charge in [0, 0.05) is 22.5 Å². The maximum atomic E-state index is 12.1. The van der Waals surface area contributed by atoms with Crippen LogP contribution in [0.1, 0.15) is 29.6 Å². The van der Waals surface area contributed by atoms with Gasteiger partial charge in [-0.1, -0.05) is 34.0 Å². The Labute approximate surface area is 130 Å². The first-order chi connectivity index (χ1) is 9.49. The third-order valence-corrected chi connectivity index (χ3v) is 4.93. The van der Waals surface area contributed by atoms with Crippen molar-refractivity contribution in [1.82, 2.24) is 5.32 Å². The van der Waals surface area contributed by atoms with Gasteiger partial charge in [0.25, 0.3) is 11.6 Å². The van der Waals surface area contributed by atoms with E-state index in [9.17, 15) is 14.9 Å². The summed E-state index contributed by atoms with van der Waals surface area (Å²) in [7, 11) is 0. The Kier molecular flexibility index (Phi) is 4.99. The molecule has 2 rings (SSSR count). The normalized spacial score (nSPS) is 21.7. The maximum Gasteiger partial charge on any atom is 0.283 e. The summed E-state index contributed by atoms with van der Waals surface area (Å²) in [5.41, 5.74) is -0.222. The largest absolute Gasteiger partial charge is 0.351 e. The molecule has 0 spiro atoms. The number of hydrogen-bond donors (Lipinski definition) is 1. The van der Waals surface area contributed by atoms with Crippen LogP contribution in [0.2, 0.25) is 5.02 Å². The molecule has 1 fully saturated rings. The summed E-state index contributed by atoms with van der Waals surface area (Å²) >= 11 is 9.30. The zero-order valence-electron chi connectivity index (χ0n) is 10.6. The minimum absolute atomic E-state index is 0.0449. The van der Waals surface area contributed by atoms with Crippen molar-refractivity contribution >= 4 is 39.1 Å². The summed E-state index contributed by atoms with van der Waals surface area (Å²) in [6.45, 7) is 0.522. The Hall–Kier alpha value is -1.14. The van der Waals surface area contributed by atoms with Crippen molar-refractivity contribution in [1.29, 1.82) is 0 Å². The molecule has 2 atom stereocenters. The number of nitrogens with zero attached hydrogens (tertiary/aromatic N) is 1. The number of nitro benzene ring substituents is 1. The quantitative estimate of drug-likeness (QED) is 0.506. The second-order valence-corrected chi connectivity index (χ2v) is 6.45. The highest BCUT2D eigenvalue weighted by molar-refractivity contribution is 9.09. The summed E-state index contributed by atoms with van der Waals surface area (Å²) in [5, 5.41) is 14.0. The minimum Gasteiger partial charge on any atom is -0.351 e. The highest BCUT2D eigenvalue weighted by Crippen LogP contribution is 2.31. The minimum atomic E-state index is -0.594. The van der Waals surface area contributed by atoms with Crippen LogP contribution in [0.5, 0.6) is 0 Å². The van der Waals surface area contributed by atoms with Crippen molar-refractivity contribution in [3.8, 4) is 0 Å². The zero-order chi connectivity index (χ0) is 14.7. The molecule has 1 N–H and O–H groups in total. The zero-order valence-corrected chi connectivity index (χ0v) is 13.0. The lowest BCUT2D eigenvalue weighted by Gasteiger charge is -2.14. The van der Waals surface area contributed by atoms with Gasteiger partial charge in [0.1, 0.15) is 5.56 Å². The van der Waals surface area contributed by atoms with E-state index in [-0.39, 0.29) is 16.3 Å². The van der Waals surface area contributed by atoms with Crippen molar-refractivity contribution in [3.63, 3.8) is 0 Å². The van der Waals surface area contributed by atoms with E-state index in [1.165, 1.54) is 18.2 Å². The van der Waals surface area contributed by atoms with Gasteiger partial charge in [-0.05, 0) is 30.9 Å². The molecule has 1 aliphatic rings. The lowest BCUT2D eigenvalue weighted by Crippen LogP contribution is -2.31. The van der Waals surface area contributed by atoms with Gasteiger partial charge in [0.2, 0.25) is 0 Å². The highest BCUT2D eigenvalue weighted by atomic mass is 79.9. The van der Waals surface area contributed by atoms with Gasteiger partial charge in [-0.25, -0.2) is 0 Å². The molecule has 5 nitrogen and oxygen atoms in total. The van der Waals surface area contributed by atoms with E-state index in [4.69, 9.17) is 11.6 Å². The number of carbonyl (C=O) groups is 1. The first-order valence-electron chi connectivity index (χ1n) is 6.35. The number of amides is 1. The van der Waals surface area contributed by atoms with E-state index in [1.807, 2.05) is 0 Å². The topological polar surface area (TPSA) is 72.2 Å². The summed E-state index contributed by atoms with van der Waals surface area (Å²) in [6, 6.07) is 4.06. The Morgan fingerprint density at radius 3 is 2.85 bits per heavy atom. The second-order valence-electron chi connectivity index (χ2n) is 4.84. The van der Waals surface area contributed by atoms with Crippen LogP contribution in [0, 0.1) is 16.0 Å². The Morgan fingerprint density at radius 2 is 2.25 bits per heavy atom. The second kappa shape index (κ2) is 6.54. The number of rotatable bonds is 4. The van der Waals surface area contributed by atoms with Gasteiger partial charge in [-0.15, -0.1) is 0 Å². The maximum absolute atomic E-state index is 12.1. The van der Waals surface area contributed by atoms with E-state index >= 15 is 0 Å². The highest BCUT2D eigenvalue weighted by Gasteiger charge is 2.26. The van der Waals surface area contributed by atoms with Crippen LogP contribution in [0.15, 0.2) is 18.2 Å². The van der Waals surface area contributed by atoms with E-state index in [0.29, 0.717) is 17.3 Å². The molecule has 1 amide bonds. The molecular formula is C13H14BrClN2O3. The van der Waals surface area contributed by atoms with Crippen molar-refractivity contribution in [2.24, 2.45) is 5.92 Å². The van der Waals surface area contributed by atoms with Crippen LogP contribution in [-0.4, -0.2) is 22.2 Å². The number of alkyl halides is 1. The lowest BCUT2D eigenvalue weighted by atomic mass is 10.1. The number of nitrogens with one attached hydrogen (secondary N) is 1. The lowest BCUT2D eigenvalue weighted by molar-refractivity contribution is -0.385. The number of benzene rings is 1. The molecule has 0 saturated heterocycles. The van der Waals surface area contributed by atoms with Gasteiger partial charge in [0.05, 0.1) is 4.92 Å². The molecule has 1 aromatic carbocycles. The van der Waals surface area contributed by atoms with Crippen LogP contribution in [0.4, 0.5) is 5.69 Å². The Bertz CT molecular complexity index is 538. The Balaban J connectivity index is 2.07. The molecule has 7 heteroatoms. The van der Waals surface area contributed by atoms with E-state index in [2.05, 4.69) is 21.2 Å². The van der Waals surface area contributed by atoms with Crippen LogP contribution >= 0.6 is 27.5 Å². The number of halogens is 2. The molecule has 0 aromatic heterocycles. The molecule has 0 bridgehead atoms. The van der Waals surface area contributed by atoms with E-state index < -0.39 is 10.8 Å². The first-order valence-corrected chi connectivity index (χ1v) is 7.64. The smallest absolute Gasteiger partial charge is 0.283 e. The van der Waals surface area contributed by atoms with Crippen LogP contribution in [0.25, 0.3) is 0 Å². The van der Waals surface area contributed by atoms with Crippen molar-refractivity contribution < 1.29 is 9.72 Å². The van der Waals surface area contributed by atoms with E-state index in [0.717, 1.165) is 19.3 Å². The van der Waals surface area contributed by atoms with Gasteiger partial charge < -0.3 is 5.32 Å². The van der Waals surface area contributed by atoms with E-state index in [1.54, 1.807) is 0 Å². The van der Waals surface area contributed by atoms with Crippen molar-refractivity contribution in [3.05, 3.63) is 38.9 Å². The molecule has 1 aromatic rings. The monoisotopic (exact) mass is 360 g/mol. The number of hydrogen-bond acceptors (Lipinski definition) is 3. The molecule has 20 heavy (non-hydrogen) atoms. The fourth-order valence-electron chi connectivity index (χ4n) is 2.39. The fraction of sp³-hybridized carbons (Fsp3) is 0.462. The average Bonchev–Trinajstić information content (AvgIpc) is 2.81. The SMILES string of the molecule is O=C(NCC1CCCC1Br)c1ccc(Cl)cc1[N+](=O)[O-]. The van der Waals surface area contributed by atoms with Crippen LogP contribution < -0.4 is 5.32 Å². The number of carbonyl (C=O) groups excluding carboxylic acids is 1. The van der Waals surface area contributed by atoms with Crippen LogP contribution in [0.3, 0.4) is 0 Å². The molecule has 0 heterocycles. The van der Waals surface area contributed by atoms with Gasteiger partial charge in [0.15, 0.2) is 0 Å². The van der Waals surface area contributed by atoms with Crippen LogP contribution in [-0.2, 0) is 0 Å². The predicted molar refractivity (Wildman–Crippen MR) is 80.5 cm³/mol. The summed E-state index contributed by atoms with van der Waals surface area (Å²) < 4.78 is 0. The van der Waals surface area contributed by atoms with Gasteiger partial charge in [-0.3, -0.25) is 14.9 Å². The third-order valence-electron chi connectivity index (χ3n) is 3.49. The summed E-state index contributed by atoms with van der Waals surface area (Å²) in [6.07, 6.45) is 3.29.